The molecule has 1 N–H and O–H groups in total. The van der Waals surface area contributed by atoms with Crippen LogP contribution in [0, 0.1) is 6.92 Å². The summed E-state index contributed by atoms with van der Waals surface area (Å²) in [5.41, 5.74) is 2.31. The number of amidine groups is 1. The van der Waals surface area contributed by atoms with Crippen molar-refractivity contribution >= 4 is 51.7 Å². The van der Waals surface area contributed by atoms with Gasteiger partial charge in [0.1, 0.15) is 5.25 Å². The number of halogens is 1. The van der Waals surface area contributed by atoms with Gasteiger partial charge in [0.2, 0.25) is 11.8 Å². The highest BCUT2D eigenvalue weighted by atomic mass is 35.5. The molecule has 1 fully saturated rings. The monoisotopic (exact) mass is 431 g/mol. The summed E-state index contributed by atoms with van der Waals surface area (Å²) in [6.45, 7) is 2.65. The second-order valence-electron chi connectivity index (χ2n) is 6.53. The lowest BCUT2D eigenvalue weighted by Gasteiger charge is -2.15. The summed E-state index contributed by atoms with van der Waals surface area (Å²) in [5, 5.41) is 3.53. The van der Waals surface area contributed by atoms with Gasteiger partial charge in [-0.3, -0.25) is 14.5 Å². The van der Waals surface area contributed by atoms with E-state index >= 15 is 0 Å². The zero-order valence-electron chi connectivity index (χ0n) is 16.2. The third kappa shape index (κ3) is 5.59. The molecule has 0 saturated carbocycles. The zero-order chi connectivity index (χ0) is 20.8. The van der Waals surface area contributed by atoms with Crippen LogP contribution in [0.4, 0.5) is 11.4 Å². The van der Waals surface area contributed by atoms with Gasteiger partial charge < -0.3 is 10.1 Å². The number of carbonyl (C=O) groups is 2. The minimum Gasteiger partial charge on any atom is -0.383 e. The molecule has 3 rings (SSSR count). The second kappa shape index (κ2) is 9.91. The van der Waals surface area contributed by atoms with Gasteiger partial charge in [0.15, 0.2) is 5.17 Å². The van der Waals surface area contributed by atoms with Crippen LogP contribution in [0.15, 0.2) is 53.5 Å². The highest BCUT2D eigenvalue weighted by Gasteiger charge is 2.39. The predicted octanol–water partition coefficient (Wildman–Crippen LogP) is 4.26. The molecule has 0 spiro atoms. The Bertz CT molecular complexity index is 921. The van der Waals surface area contributed by atoms with Gasteiger partial charge in [-0.1, -0.05) is 41.6 Å². The molecule has 8 heteroatoms. The fourth-order valence-electron chi connectivity index (χ4n) is 2.86. The number of anilines is 1. The average molecular weight is 432 g/mol. The van der Waals surface area contributed by atoms with E-state index in [1.54, 1.807) is 30.2 Å². The van der Waals surface area contributed by atoms with Crippen molar-refractivity contribution in [2.24, 2.45) is 4.99 Å². The number of thioether (sulfide) groups is 1. The van der Waals surface area contributed by atoms with Crippen LogP contribution in [0.3, 0.4) is 0 Å². The van der Waals surface area contributed by atoms with Gasteiger partial charge in [-0.25, -0.2) is 4.99 Å². The number of aryl methyl sites for hydroxylation is 1. The van der Waals surface area contributed by atoms with Crippen LogP contribution in [0.5, 0.6) is 0 Å². The summed E-state index contributed by atoms with van der Waals surface area (Å²) in [7, 11) is 1.58. The lowest BCUT2D eigenvalue weighted by Crippen LogP contribution is -2.35. The Balaban J connectivity index is 1.72. The standard InChI is InChI=1S/C21H22ClN3O3S/c1-14-12-15(22)8-9-17(14)24-19(26)13-18-20(27)25(10-11-28-2)21(29-18)23-16-6-4-3-5-7-16/h3-9,12,18H,10-11,13H2,1-2H3,(H,24,26). The van der Waals surface area contributed by atoms with Crippen molar-refractivity contribution in [3.63, 3.8) is 0 Å². The molecule has 1 unspecified atom stereocenters. The number of amides is 2. The van der Waals surface area contributed by atoms with Crippen LogP contribution in [0.1, 0.15) is 12.0 Å². The SMILES string of the molecule is COCCN1C(=O)C(CC(=O)Nc2ccc(Cl)cc2C)SC1=Nc1ccccc1. The van der Waals surface area contributed by atoms with Crippen molar-refractivity contribution in [3.05, 3.63) is 59.1 Å². The van der Waals surface area contributed by atoms with Crippen LogP contribution < -0.4 is 5.32 Å². The molecule has 1 heterocycles. The number of nitrogens with one attached hydrogen (secondary N) is 1. The Morgan fingerprint density at radius 1 is 1.28 bits per heavy atom. The Kier molecular flexibility index (Phi) is 7.30. The third-order valence-electron chi connectivity index (χ3n) is 4.35. The fraction of sp³-hybridized carbons (Fsp3) is 0.286. The molecule has 6 nitrogen and oxygen atoms in total. The molecule has 1 atom stereocenters. The molecule has 2 aromatic rings. The van der Waals surface area contributed by atoms with Gasteiger partial charge in [-0.15, -0.1) is 0 Å². The number of rotatable bonds is 7. The van der Waals surface area contributed by atoms with Crippen molar-refractivity contribution in [2.45, 2.75) is 18.6 Å². The summed E-state index contributed by atoms with van der Waals surface area (Å²) in [5.74, 6) is -0.362. The largest absolute Gasteiger partial charge is 0.383 e. The summed E-state index contributed by atoms with van der Waals surface area (Å²) in [4.78, 5) is 31.6. The van der Waals surface area contributed by atoms with Crippen LogP contribution in [0.25, 0.3) is 0 Å². The van der Waals surface area contributed by atoms with Gasteiger partial charge in [0.25, 0.3) is 0 Å². The number of hydrogen-bond donors (Lipinski definition) is 1. The van der Waals surface area contributed by atoms with Crippen LogP contribution >= 0.6 is 23.4 Å². The molecule has 0 aliphatic carbocycles. The van der Waals surface area contributed by atoms with Gasteiger partial charge in [0, 0.05) is 24.2 Å². The summed E-state index contributed by atoms with van der Waals surface area (Å²) < 4.78 is 5.12. The first-order chi connectivity index (χ1) is 14.0. The van der Waals surface area contributed by atoms with E-state index in [1.807, 2.05) is 37.3 Å². The molecule has 1 aliphatic heterocycles. The van der Waals surface area contributed by atoms with E-state index in [-0.39, 0.29) is 18.2 Å². The highest BCUT2D eigenvalue weighted by Crippen LogP contribution is 2.32. The van der Waals surface area contributed by atoms with Crippen molar-refractivity contribution in [2.75, 3.05) is 25.6 Å². The number of benzene rings is 2. The van der Waals surface area contributed by atoms with Crippen molar-refractivity contribution < 1.29 is 14.3 Å². The summed E-state index contributed by atoms with van der Waals surface area (Å²) >= 11 is 7.27. The van der Waals surface area contributed by atoms with Gasteiger partial charge in [-0.2, -0.15) is 0 Å². The average Bonchev–Trinajstić information content (AvgIpc) is 2.97. The van der Waals surface area contributed by atoms with E-state index < -0.39 is 5.25 Å². The number of methoxy groups -OCH3 is 1. The molecule has 0 aromatic heterocycles. The van der Waals surface area contributed by atoms with Crippen molar-refractivity contribution in [1.82, 2.24) is 4.90 Å². The molecule has 0 bridgehead atoms. The Hall–Kier alpha value is -2.35. The maximum Gasteiger partial charge on any atom is 0.242 e. The normalized spacial score (nSPS) is 17.8. The molecule has 0 radical (unpaired) electrons. The van der Waals surface area contributed by atoms with E-state index in [9.17, 15) is 9.59 Å². The van der Waals surface area contributed by atoms with Gasteiger partial charge in [0.05, 0.1) is 18.8 Å². The van der Waals surface area contributed by atoms with Crippen LogP contribution in [-0.4, -0.2) is 47.4 Å². The third-order valence-corrected chi connectivity index (χ3v) is 5.76. The molecular formula is C21H22ClN3O3S. The number of para-hydroxylation sites is 1. The first-order valence-corrected chi connectivity index (χ1v) is 10.4. The Labute approximate surface area is 179 Å². The second-order valence-corrected chi connectivity index (χ2v) is 8.14. The molecule has 1 saturated heterocycles. The predicted molar refractivity (Wildman–Crippen MR) is 118 cm³/mol. The van der Waals surface area contributed by atoms with E-state index in [0.29, 0.717) is 29.0 Å². The van der Waals surface area contributed by atoms with Gasteiger partial charge >= 0.3 is 0 Å². The number of carbonyl (C=O) groups excluding carboxylic acids is 2. The topological polar surface area (TPSA) is 71.0 Å². The highest BCUT2D eigenvalue weighted by molar-refractivity contribution is 8.15. The number of ether oxygens (including phenoxy) is 1. The quantitative estimate of drug-likeness (QED) is 0.711. The molecule has 29 heavy (non-hydrogen) atoms. The first-order valence-electron chi connectivity index (χ1n) is 9.14. The number of aliphatic imine (C=N–C) groups is 1. The van der Waals surface area contributed by atoms with E-state index in [4.69, 9.17) is 16.3 Å². The minimum atomic E-state index is -0.526. The number of hydrogen-bond acceptors (Lipinski definition) is 5. The fourth-order valence-corrected chi connectivity index (χ4v) is 4.27. The Morgan fingerprint density at radius 3 is 2.72 bits per heavy atom. The van der Waals surface area contributed by atoms with Crippen LogP contribution in [0.2, 0.25) is 5.02 Å². The molecule has 152 valence electrons. The summed E-state index contributed by atoms with van der Waals surface area (Å²) in [6.07, 6.45) is 0.0584. The lowest BCUT2D eigenvalue weighted by atomic mass is 10.2. The maximum absolute atomic E-state index is 12.9. The molecule has 2 aromatic carbocycles. The van der Waals surface area contributed by atoms with E-state index in [2.05, 4.69) is 10.3 Å². The smallest absolute Gasteiger partial charge is 0.242 e. The zero-order valence-corrected chi connectivity index (χ0v) is 17.8. The van der Waals surface area contributed by atoms with Crippen molar-refractivity contribution in [3.8, 4) is 0 Å². The Morgan fingerprint density at radius 2 is 2.03 bits per heavy atom. The molecule has 2 amide bonds. The number of nitrogens with zero attached hydrogens (tertiary/aromatic N) is 2. The van der Waals surface area contributed by atoms with E-state index in [1.165, 1.54) is 11.8 Å². The first kappa shape index (κ1) is 21.4. The molecular weight excluding hydrogens is 410 g/mol. The van der Waals surface area contributed by atoms with E-state index in [0.717, 1.165) is 11.3 Å². The maximum atomic E-state index is 12.9. The minimum absolute atomic E-state index is 0.0584. The lowest BCUT2D eigenvalue weighted by molar-refractivity contribution is -0.128. The van der Waals surface area contributed by atoms with Crippen molar-refractivity contribution in [1.29, 1.82) is 0 Å². The summed E-state index contributed by atoms with van der Waals surface area (Å²) in [6, 6.07) is 14.7. The van der Waals surface area contributed by atoms with Crippen LogP contribution in [-0.2, 0) is 14.3 Å². The molecule has 1 aliphatic rings. The van der Waals surface area contributed by atoms with Gasteiger partial charge in [-0.05, 0) is 42.8 Å².